The number of carbonyl (C=O) groups excluding carboxylic acids is 1. The standard InChI is InChI=1S/C12H15N5O/c1-8-12(10-5-14-7-15-6-10)9(2)17(16-8)4-3-11(13)18/h5-7H,3-4H2,1-2H3,(H2,13,18). The Hall–Kier alpha value is -2.24. The van der Waals surface area contributed by atoms with Crippen LogP contribution in [0.4, 0.5) is 0 Å². The molecule has 0 aliphatic heterocycles. The predicted octanol–water partition coefficient (Wildman–Crippen LogP) is 0.832. The van der Waals surface area contributed by atoms with Gasteiger partial charge in [0.15, 0.2) is 0 Å². The maximum absolute atomic E-state index is 10.8. The monoisotopic (exact) mass is 245 g/mol. The highest BCUT2D eigenvalue weighted by Crippen LogP contribution is 2.25. The molecule has 0 atom stereocenters. The van der Waals surface area contributed by atoms with Crippen LogP contribution >= 0.6 is 0 Å². The van der Waals surface area contributed by atoms with E-state index in [-0.39, 0.29) is 12.3 Å². The van der Waals surface area contributed by atoms with Gasteiger partial charge in [0.25, 0.3) is 0 Å². The fraction of sp³-hybridized carbons (Fsp3) is 0.333. The summed E-state index contributed by atoms with van der Waals surface area (Å²) in [5.74, 6) is -0.327. The summed E-state index contributed by atoms with van der Waals surface area (Å²) in [6.45, 7) is 4.38. The van der Waals surface area contributed by atoms with Gasteiger partial charge in [0, 0.05) is 42.2 Å². The third kappa shape index (κ3) is 2.37. The Morgan fingerprint density at radius 3 is 2.61 bits per heavy atom. The number of amides is 1. The highest BCUT2D eigenvalue weighted by Gasteiger charge is 2.13. The van der Waals surface area contributed by atoms with Crippen molar-refractivity contribution in [1.82, 2.24) is 19.7 Å². The van der Waals surface area contributed by atoms with Crippen LogP contribution in [-0.2, 0) is 11.3 Å². The van der Waals surface area contributed by atoms with Crippen LogP contribution in [0, 0.1) is 13.8 Å². The molecule has 0 aromatic carbocycles. The molecule has 0 saturated heterocycles. The number of aromatic nitrogens is 4. The Labute approximate surface area is 105 Å². The molecule has 6 nitrogen and oxygen atoms in total. The quantitative estimate of drug-likeness (QED) is 0.864. The average molecular weight is 245 g/mol. The summed E-state index contributed by atoms with van der Waals surface area (Å²) < 4.78 is 1.79. The molecule has 2 rings (SSSR count). The van der Waals surface area contributed by atoms with Gasteiger partial charge in [-0.15, -0.1) is 0 Å². The highest BCUT2D eigenvalue weighted by atomic mass is 16.1. The van der Waals surface area contributed by atoms with Gasteiger partial charge >= 0.3 is 0 Å². The van der Waals surface area contributed by atoms with E-state index in [0.29, 0.717) is 6.54 Å². The van der Waals surface area contributed by atoms with Crippen molar-refractivity contribution in [2.45, 2.75) is 26.8 Å². The summed E-state index contributed by atoms with van der Waals surface area (Å²) in [5.41, 5.74) is 8.97. The van der Waals surface area contributed by atoms with Crippen molar-refractivity contribution in [3.63, 3.8) is 0 Å². The molecule has 0 radical (unpaired) electrons. The SMILES string of the molecule is Cc1nn(CCC(N)=O)c(C)c1-c1cncnc1. The topological polar surface area (TPSA) is 86.7 Å². The largest absolute Gasteiger partial charge is 0.370 e. The van der Waals surface area contributed by atoms with Gasteiger partial charge in [0.2, 0.25) is 5.91 Å². The zero-order valence-electron chi connectivity index (χ0n) is 10.4. The Morgan fingerprint density at radius 1 is 1.33 bits per heavy atom. The Bertz CT molecular complexity index is 561. The first-order valence-corrected chi connectivity index (χ1v) is 5.67. The zero-order valence-corrected chi connectivity index (χ0v) is 10.4. The second-order valence-electron chi connectivity index (χ2n) is 4.11. The van der Waals surface area contributed by atoms with Crippen LogP contribution < -0.4 is 5.73 Å². The first-order valence-electron chi connectivity index (χ1n) is 5.67. The lowest BCUT2D eigenvalue weighted by Gasteiger charge is -2.03. The molecule has 0 aliphatic carbocycles. The van der Waals surface area contributed by atoms with Gasteiger partial charge in [-0.05, 0) is 13.8 Å². The average Bonchev–Trinajstić information content (AvgIpc) is 2.63. The molecular weight excluding hydrogens is 230 g/mol. The lowest BCUT2D eigenvalue weighted by atomic mass is 10.1. The van der Waals surface area contributed by atoms with Crippen molar-refractivity contribution < 1.29 is 4.79 Å². The fourth-order valence-electron chi connectivity index (χ4n) is 1.98. The Balaban J connectivity index is 2.35. The van der Waals surface area contributed by atoms with Crippen LogP contribution in [0.3, 0.4) is 0 Å². The number of hydrogen-bond acceptors (Lipinski definition) is 4. The molecule has 0 spiro atoms. The van der Waals surface area contributed by atoms with Crippen LogP contribution in [0.2, 0.25) is 0 Å². The summed E-state index contributed by atoms with van der Waals surface area (Å²) in [4.78, 5) is 18.8. The van der Waals surface area contributed by atoms with E-state index in [1.807, 2.05) is 13.8 Å². The molecule has 18 heavy (non-hydrogen) atoms. The number of nitrogens with zero attached hydrogens (tertiary/aromatic N) is 4. The second kappa shape index (κ2) is 4.95. The van der Waals surface area contributed by atoms with E-state index in [9.17, 15) is 4.79 Å². The second-order valence-corrected chi connectivity index (χ2v) is 4.11. The number of nitrogens with two attached hydrogens (primary N) is 1. The van der Waals surface area contributed by atoms with Gasteiger partial charge in [-0.3, -0.25) is 9.48 Å². The first kappa shape index (κ1) is 12.2. The molecule has 2 heterocycles. The normalized spacial score (nSPS) is 10.6. The van der Waals surface area contributed by atoms with E-state index in [0.717, 1.165) is 22.5 Å². The predicted molar refractivity (Wildman–Crippen MR) is 66.5 cm³/mol. The molecule has 2 N–H and O–H groups in total. The van der Waals surface area contributed by atoms with Gasteiger partial charge < -0.3 is 5.73 Å². The Morgan fingerprint density at radius 2 is 2.00 bits per heavy atom. The Kier molecular flexibility index (Phi) is 3.36. The third-order valence-corrected chi connectivity index (χ3v) is 2.80. The van der Waals surface area contributed by atoms with Crippen molar-refractivity contribution in [3.05, 3.63) is 30.1 Å². The number of aryl methyl sites for hydroxylation is 2. The number of hydrogen-bond donors (Lipinski definition) is 1. The zero-order chi connectivity index (χ0) is 13.1. The van der Waals surface area contributed by atoms with Gasteiger partial charge in [-0.2, -0.15) is 5.10 Å². The molecule has 0 saturated carbocycles. The minimum Gasteiger partial charge on any atom is -0.370 e. The molecule has 0 fully saturated rings. The van der Waals surface area contributed by atoms with E-state index >= 15 is 0 Å². The van der Waals surface area contributed by atoms with E-state index in [1.165, 1.54) is 6.33 Å². The molecule has 0 aliphatic rings. The molecular formula is C12H15N5O. The summed E-state index contributed by atoms with van der Waals surface area (Å²) in [7, 11) is 0. The summed E-state index contributed by atoms with van der Waals surface area (Å²) in [6, 6.07) is 0. The highest BCUT2D eigenvalue weighted by molar-refractivity contribution is 5.73. The molecule has 94 valence electrons. The minimum atomic E-state index is -0.327. The minimum absolute atomic E-state index is 0.284. The smallest absolute Gasteiger partial charge is 0.219 e. The van der Waals surface area contributed by atoms with Crippen LogP contribution in [0.25, 0.3) is 11.1 Å². The maximum Gasteiger partial charge on any atom is 0.219 e. The van der Waals surface area contributed by atoms with Crippen LogP contribution in [-0.4, -0.2) is 25.7 Å². The summed E-state index contributed by atoms with van der Waals surface area (Å²) in [6.07, 6.45) is 5.28. The molecule has 1 amide bonds. The molecule has 2 aromatic rings. The molecule has 6 heteroatoms. The van der Waals surface area contributed by atoms with Crippen LogP contribution in [0.1, 0.15) is 17.8 Å². The van der Waals surface area contributed by atoms with Gasteiger partial charge in [0.05, 0.1) is 5.69 Å². The molecule has 0 unspecified atom stereocenters. The van der Waals surface area contributed by atoms with Gasteiger partial charge in [-0.1, -0.05) is 0 Å². The maximum atomic E-state index is 10.8. The van der Waals surface area contributed by atoms with Crippen LogP contribution in [0.5, 0.6) is 0 Å². The van der Waals surface area contributed by atoms with E-state index in [2.05, 4.69) is 15.1 Å². The number of primary amides is 1. The first-order chi connectivity index (χ1) is 8.59. The van der Waals surface area contributed by atoms with Crippen molar-refractivity contribution in [2.75, 3.05) is 0 Å². The third-order valence-electron chi connectivity index (χ3n) is 2.80. The van der Waals surface area contributed by atoms with Crippen molar-refractivity contribution in [3.8, 4) is 11.1 Å². The lowest BCUT2D eigenvalue weighted by Crippen LogP contribution is -2.15. The van der Waals surface area contributed by atoms with Crippen molar-refractivity contribution in [1.29, 1.82) is 0 Å². The summed E-state index contributed by atoms with van der Waals surface area (Å²) >= 11 is 0. The number of rotatable bonds is 4. The van der Waals surface area contributed by atoms with Gasteiger partial charge in [-0.25, -0.2) is 9.97 Å². The lowest BCUT2D eigenvalue weighted by molar-refractivity contribution is -0.118. The van der Waals surface area contributed by atoms with E-state index in [4.69, 9.17) is 5.73 Å². The van der Waals surface area contributed by atoms with Crippen molar-refractivity contribution in [2.24, 2.45) is 5.73 Å². The van der Waals surface area contributed by atoms with Crippen LogP contribution in [0.15, 0.2) is 18.7 Å². The van der Waals surface area contributed by atoms with Crippen molar-refractivity contribution >= 4 is 5.91 Å². The molecule has 2 aromatic heterocycles. The molecule has 0 bridgehead atoms. The fourth-order valence-corrected chi connectivity index (χ4v) is 1.98. The number of carbonyl (C=O) groups is 1. The van der Waals surface area contributed by atoms with Gasteiger partial charge in [0.1, 0.15) is 6.33 Å². The summed E-state index contributed by atoms with van der Waals surface area (Å²) in [5, 5.41) is 4.41. The van der Waals surface area contributed by atoms with E-state index in [1.54, 1.807) is 17.1 Å². The van der Waals surface area contributed by atoms with E-state index < -0.39 is 0 Å².